The van der Waals surface area contributed by atoms with Crippen LogP contribution in [0.5, 0.6) is 0 Å². The van der Waals surface area contributed by atoms with E-state index in [-0.39, 0.29) is 6.10 Å². The topological polar surface area (TPSA) is 26.7 Å². The van der Waals surface area contributed by atoms with E-state index in [9.17, 15) is 5.11 Å². The van der Waals surface area contributed by atoms with Gasteiger partial charge in [0.1, 0.15) is 0 Å². The molecule has 2 aliphatic rings. The standard InChI is InChI=1S/C24H32Cl2N2OS/c1-17(29)10-18-4-7-27(8-5-18)13-21-14-28(15-23(21)20-6-9-30-16-20)12-19-2-3-22(25)11-24(19)26/h2-3,6,9,11,16-18,21,23,29H,4-5,7-8,10,12-15H2,1H3/t17?,21-,23+/m0/s1. The summed E-state index contributed by atoms with van der Waals surface area (Å²) in [6, 6.07) is 8.14. The van der Waals surface area contributed by atoms with E-state index >= 15 is 0 Å². The van der Waals surface area contributed by atoms with Crippen molar-refractivity contribution in [3.8, 4) is 0 Å². The predicted molar refractivity (Wildman–Crippen MR) is 128 cm³/mol. The molecule has 3 heterocycles. The molecule has 0 saturated carbocycles. The zero-order chi connectivity index (χ0) is 21.1. The number of benzene rings is 1. The number of halogens is 2. The number of hydrogen-bond donors (Lipinski definition) is 1. The molecule has 2 aromatic rings. The second-order valence-corrected chi connectivity index (χ2v) is 10.8. The molecule has 6 heteroatoms. The molecule has 0 aliphatic carbocycles. The molecule has 3 nitrogen and oxygen atoms in total. The van der Waals surface area contributed by atoms with Gasteiger partial charge in [-0.05, 0) is 91.2 Å². The Morgan fingerprint density at radius 2 is 1.93 bits per heavy atom. The SMILES string of the molecule is CC(O)CC1CCN(C[C@H]2CN(Cc3ccc(Cl)cc3Cl)C[C@@H]2c2ccsc2)CC1. The lowest BCUT2D eigenvalue weighted by molar-refractivity contribution is 0.110. The van der Waals surface area contributed by atoms with Crippen LogP contribution in [0.3, 0.4) is 0 Å². The van der Waals surface area contributed by atoms with Crippen molar-refractivity contribution in [3.05, 3.63) is 56.2 Å². The maximum Gasteiger partial charge on any atom is 0.0514 e. The van der Waals surface area contributed by atoms with E-state index in [4.69, 9.17) is 23.2 Å². The summed E-state index contributed by atoms with van der Waals surface area (Å²) in [7, 11) is 0. The highest BCUT2D eigenvalue weighted by atomic mass is 35.5. The molecule has 1 aromatic carbocycles. The third-order valence-electron chi connectivity index (χ3n) is 6.77. The van der Waals surface area contributed by atoms with Crippen LogP contribution in [0.15, 0.2) is 35.0 Å². The molecule has 164 valence electrons. The first-order valence-corrected chi connectivity index (χ1v) is 12.8. The predicted octanol–water partition coefficient (Wildman–Crippen LogP) is 5.75. The highest BCUT2D eigenvalue weighted by Crippen LogP contribution is 2.36. The van der Waals surface area contributed by atoms with Gasteiger partial charge >= 0.3 is 0 Å². The number of hydrogen-bond acceptors (Lipinski definition) is 4. The first kappa shape index (κ1) is 22.6. The van der Waals surface area contributed by atoms with Crippen LogP contribution in [-0.4, -0.2) is 53.7 Å². The number of piperidine rings is 1. The lowest BCUT2D eigenvalue weighted by atomic mass is 9.88. The minimum Gasteiger partial charge on any atom is -0.393 e. The summed E-state index contributed by atoms with van der Waals surface area (Å²) < 4.78 is 0. The minimum atomic E-state index is -0.174. The zero-order valence-electron chi connectivity index (χ0n) is 17.6. The van der Waals surface area contributed by atoms with Crippen LogP contribution in [-0.2, 0) is 6.54 Å². The van der Waals surface area contributed by atoms with E-state index in [1.54, 1.807) is 11.3 Å². The van der Waals surface area contributed by atoms with Gasteiger partial charge in [-0.3, -0.25) is 4.90 Å². The van der Waals surface area contributed by atoms with E-state index in [0.717, 1.165) is 56.3 Å². The molecular weight excluding hydrogens is 435 g/mol. The number of rotatable bonds is 7. The summed E-state index contributed by atoms with van der Waals surface area (Å²) in [6.45, 7) is 8.46. The second kappa shape index (κ2) is 10.3. The van der Waals surface area contributed by atoms with Gasteiger partial charge < -0.3 is 10.0 Å². The van der Waals surface area contributed by atoms with Crippen molar-refractivity contribution in [1.82, 2.24) is 9.80 Å². The summed E-state index contributed by atoms with van der Waals surface area (Å²) in [4.78, 5) is 5.21. The first-order chi connectivity index (χ1) is 14.5. The smallest absolute Gasteiger partial charge is 0.0514 e. The monoisotopic (exact) mass is 466 g/mol. The Morgan fingerprint density at radius 3 is 2.60 bits per heavy atom. The van der Waals surface area contributed by atoms with E-state index in [0.29, 0.717) is 22.8 Å². The molecule has 0 spiro atoms. The van der Waals surface area contributed by atoms with Gasteiger partial charge in [0.05, 0.1) is 6.10 Å². The summed E-state index contributed by atoms with van der Waals surface area (Å²) in [5.74, 6) is 1.90. The van der Waals surface area contributed by atoms with Crippen LogP contribution in [0.25, 0.3) is 0 Å². The Hall–Kier alpha value is -0.620. The highest BCUT2D eigenvalue weighted by molar-refractivity contribution is 7.08. The van der Waals surface area contributed by atoms with Gasteiger partial charge in [-0.2, -0.15) is 11.3 Å². The van der Waals surface area contributed by atoms with Gasteiger partial charge in [0.2, 0.25) is 0 Å². The number of likely N-dealkylation sites (tertiary alicyclic amines) is 2. The largest absolute Gasteiger partial charge is 0.393 e. The molecule has 4 rings (SSSR count). The quantitative estimate of drug-likeness (QED) is 0.562. The zero-order valence-corrected chi connectivity index (χ0v) is 20.0. The van der Waals surface area contributed by atoms with Crippen LogP contribution in [0.4, 0.5) is 0 Å². The van der Waals surface area contributed by atoms with Crippen LogP contribution in [0.2, 0.25) is 10.0 Å². The van der Waals surface area contributed by atoms with Crippen LogP contribution in [0.1, 0.15) is 43.2 Å². The van der Waals surface area contributed by atoms with Crippen molar-refractivity contribution in [1.29, 1.82) is 0 Å². The average molecular weight is 468 g/mol. The molecule has 1 N–H and O–H groups in total. The Bertz CT molecular complexity index is 806. The van der Waals surface area contributed by atoms with E-state index in [2.05, 4.69) is 32.7 Å². The van der Waals surface area contributed by atoms with Crippen molar-refractivity contribution in [2.75, 3.05) is 32.7 Å². The van der Waals surface area contributed by atoms with Crippen molar-refractivity contribution in [3.63, 3.8) is 0 Å². The molecule has 0 amide bonds. The highest BCUT2D eigenvalue weighted by Gasteiger charge is 2.36. The maximum atomic E-state index is 9.69. The van der Waals surface area contributed by atoms with Crippen molar-refractivity contribution in [2.45, 2.75) is 44.8 Å². The molecule has 0 bridgehead atoms. The third-order valence-corrected chi connectivity index (χ3v) is 8.06. The van der Waals surface area contributed by atoms with Crippen molar-refractivity contribution in [2.24, 2.45) is 11.8 Å². The average Bonchev–Trinajstić information content (AvgIpc) is 3.35. The van der Waals surface area contributed by atoms with Gasteiger partial charge in [-0.25, -0.2) is 0 Å². The first-order valence-electron chi connectivity index (χ1n) is 11.1. The van der Waals surface area contributed by atoms with Gasteiger partial charge in [0, 0.05) is 42.1 Å². The van der Waals surface area contributed by atoms with Gasteiger partial charge in [-0.1, -0.05) is 29.3 Å². The summed E-state index contributed by atoms with van der Waals surface area (Å²) in [5.41, 5.74) is 2.64. The molecule has 1 aromatic heterocycles. The van der Waals surface area contributed by atoms with Gasteiger partial charge in [0.25, 0.3) is 0 Å². The Balaban J connectivity index is 1.39. The molecule has 2 fully saturated rings. The van der Waals surface area contributed by atoms with Gasteiger partial charge in [0.15, 0.2) is 0 Å². The van der Waals surface area contributed by atoms with Gasteiger partial charge in [-0.15, -0.1) is 0 Å². The third kappa shape index (κ3) is 5.79. The van der Waals surface area contributed by atoms with Crippen molar-refractivity contribution >= 4 is 34.5 Å². The number of aliphatic hydroxyl groups is 1. The van der Waals surface area contributed by atoms with Crippen LogP contribution in [0, 0.1) is 11.8 Å². The molecule has 2 aliphatic heterocycles. The summed E-state index contributed by atoms with van der Waals surface area (Å²) in [5, 5.41) is 15.7. The van der Waals surface area contributed by atoms with Crippen LogP contribution < -0.4 is 0 Å². The lowest BCUT2D eigenvalue weighted by Crippen LogP contribution is -2.39. The number of nitrogens with zero attached hydrogens (tertiary/aromatic N) is 2. The Kier molecular flexibility index (Phi) is 7.77. The number of thiophene rings is 1. The molecule has 30 heavy (non-hydrogen) atoms. The number of aliphatic hydroxyl groups excluding tert-OH is 1. The molecule has 2 saturated heterocycles. The summed E-state index contributed by atoms with van der Waals surface area (Å²) in [6.07, 6.45) is 3.20. The lowest BCUT2D eigenvalue weighted by Gasteiger charge is -2.35. The fourth-order valence-corrected chi connectivity index (χ4v) is 6.44. The molecule has 1 unspecified atom stereocenters. The maximum absolute atomic E-state index is 9.69. The normalized spacial score (nSPS) is 25.1. The fraction of sp³-hybridized carbons (Fsp3) is 0.583. The van der Waals surface area contributed by atoms with E-state index in [1.165, 1.54) is 18.4 Å². The van der Waals surface area contributed by atoms with E-state index in [1.807, 2.05) is 19.1 Å². The van der Waals surface area contributed by atoms with Crippen LogP contribution >= 0.6 is 34.5 Å². The molecule has 0 radical (unpaired) electrons. The molecular formula is C24H32Cl2N2OS. The molecule has 3 atom stereocenters. The Morgan fingerprint density at radius 1 is 1.13 bits per heavy atom. The van der Waals surface area contributed by atoms with Crippen molar-refractivity contribution < 1.29 is 5.11 Å². The fourth-order valence-electron chi connectivity index (χ4n) is 5.25. The summed E-state index contributed by atoms with van der Waals surface area (Å²) >= 11 is 14.3. The van der Waals surface area contributed by atoms with E-state index < -0.39 is 0 Å². The minimum absolute atomic E-state index is 0.174. The Labute approximate surface area is 194 Å². The second-order valence-electron chi connectivity index (χ2n) is 9.18.